The van der Waals surface area contributed by atoms with Crippen LogP contribution in [-0.4, -0.2) is 47.3 Å². The van der Waals surface area contributed by atoms with Crippen LogP contribution in [0.2, 0.25) is 0 Å². The second-order valence-corrected chi connectivity index (χ2v) is 6.89. The smallest absolute Gasteiger partial charge is 0.223 e. The molecule has 1 aliphatic rings. The Balaban J connectivity index is 2.97. The van der Waals surface area contributed by atoms with Crippen molar-refractivity contribution in [3.05, 3.63) is 0 Å². The maximum absolute atomic E-state index is 12.1. The summed E-state index contributed by atoms with van der Waals surface area (Å²) in [6.07, 6.45) is 0.758. The molecule has 3 N–H and O–H groups in total. The highest BCUT2D eigenvalue weighted by atomic mass is 32.2. The summed E-state index contributed by atoms with van der Waals surface area (Å²) >= 11 is 4.72. The van der Waals surface area contributed by atoms with E-state index in [0.717, 1.165) is 6.42 Å². The van der Waals surface area contributed by atoms with Gasteiger partial charge in [0.1, 0.15) is 5.25 Å². The molecule has 1 aliphatic heterocycles. The largest absolute Gasteiger partial charge is 0.395 e. The first-order chi connectivity index (χ1) is 7.32. The summed E-state index contributed by atoms with van der Waals surface area (Å²) in [6.45, 7) is 3.68. The summed E-state index contributed by atoms with van der Waals surface area (Å²) in [4.78, 5) is -0.0313. The van der Waals surface area contributed by atoms with E-state index in [1.54, 1.807) is 0 Å². The van der Waals surface area contributed by atoms with Crippen LogP contribution < -0.4 is 5.73 Å². The second-order valence-electron chi connectivity index (χ2n) is 4.22. The maximum Gasteiger partial charge on any atom is 0.223 e. The Hall–Kier alpha value is -0.240. The minimum atomic E-state index is -3.53. The Kier molecular flexibility index (Phi) is 4.28. The predicted molar refractivity (Wildman–Crippen MR) is 66.5 cm³/mol. The van der Waals surface area contributed by atoms with Crippen molar-refractivity contribution >= 4 is 27.2 Å². The SMILES string of the molecule is CC1CCN(S(=O)(=O)C(C)C(N)=S)C1CO. The zero-order valence-corrected chi connectivity index (χ0v) is 11.1. The predicted octanol–water partition coefficient (Wildman–Crippen LogP) is -0.306. The molecule has 5 nitrogen and oxygen atoms in total. The molecule has 0 aliphatic carbocycles. The van der Waals surface area contributed by atoms with E-state index in [9.17, 15) is 13.5 Å². The molecule has 1 rings (SSSR count). The first-order valence-electron chi connectivity index (χ1n) is 5.23. The van der Waals surface area contributed by atoms with Crippen molar-refractivity contribution in [2.75, 3.05) is 13.2 Å². The molecule has 0 spiro atoms. The highest BCUT2D eigenvalue weighted by molar-refractivity contribution is 7.92. The number of sulfonamides is 1. The van der Waals surface area contributed by atoms with Gasteiger partial charge in [0.05, 0.1) is 17.6 Å². The molecule has 0 aromatic rings. The fourth-order valence-electron chi connectivity index (χ4n) is 1.91. The van der Waals surface area contributed by atoms with Crippen molar-refractivity contribution in [1.82, 2.24) is 4.31 Å². The zero-order valence-electron chi connectivity index (χ0n) is 9.46. The lowest BCUT2D eigenvalue weighted by molar-refractivity contribution is 0.191. The fourth-order valence-corrected chi connectivity index (χ4v) is 3.99. The topological polar surface area (TPSA) is 83.6 Å². The molecule has 7 heteroatoms. The molecule has 3 unspecified atom stereocenters. The van der Waals surface area contributed by atoms with Crippen LogP contribution in [0.3, 0.4) is 0 Å². The Bertz CT molecular complexity index is 369. The van der Waals surface area contributed by atoms with Gasteiger partial charge in [0, 0.05) is 6.54 Å². The van der Waals surface area contributed by atoms with E-state index in [2.05, 4.69) is 0 Å². The van der Waals surface area contributed by atoms with Gasteiger partial charge in [-0.25, -0.2) is 8.42 Å². The van der Waals surface area contributed by atoms with Crippen LogP contribution in [0.4, 0.5) is 0 Å². The van der Waals surface area contributed by atoms with Gasteiger partial charge in [0.2, 0.25) is 10.0 Å². The van der Waals surface area contributed by atoms with Gasteiger partial charge in [-0.2, -0.15) is 4.31 Å². The van der Waals surface area contributed by atoms with Crippen molar-refractivity contribution < 1.29 is 13.5 Å². The number of hydrogen-bond acceptors (Lipinski definition) is 4. The number of thiocarbonyl (C=S) groups is 1. The number of rotatable bonds is 4. The minimum Gasteiger partial charge on any atom is -0.395 e. The molecule has 16 heavy (non-hydrogen) atoms. The van der Waals surface area contributed by atoms with Crippen LogP contribution in [0.5, 0.6) is 0 Å². The molecular formula is C9H18N2O3S2. The van der Waals surface area contributed by atoms with E-state index in [0.29, 0.717) is 6.54 Å². The average molecular weight is 266 g/mol. The van der Waals surface area contributed by atoms with Crippen molar-refractivity contribution in [2.45, 2.75) is 31.6 Å². The summed E-state index contributed by atoms with van der Waals surface area (Å²) < 4.78 is 25.6. The van der Waals surface area contributed by atoms with E-state index < -0.39 is 15.3 Å². The molecule has 1 saturated heterocycles. The maximum atomic E-state index is 12.1. The lowest BCUT2D eigenvalue weighted by atomic mass is 10.0. The molecule has 0 aromatic carbocycles. The molecule has 0 bridgehead atoms. The van der Waals surface area contributed by atoms with Crippen LogP contribution in [0.25, 0.3) is 0 Å². The van der Waals surface area contributed by atoms with Gasteiger partial charge in [-0.15, -0.1) is 0 Å². The van der Waals surface area contributed by atoms with Gasteiger partial charge in [-0.1, -0.05) is 19.1 Å². The van der Waals surface area contributed by atoms with E-state index in [1.165, 1.54) is 11.2 Å². The number of aliphatic hydroxyl groups excluding tert-OH is 1. The Morgan fingerprint density at radius 3 is 2.69 bits per heavy atom. The van der Waals surface area contributed by atoms with Crippen molar-refractivity contribution in [2.24, 2.45) is 11.7 Å². The van der Waals surface area contributed by atoms with Gasteiger partial charge in [0.15, 0.2) is 0 Å². The van der Waals surface area contributed by atoms with Crippen molar-refractivity contribution in [1.29, 1.82) is 0 Å². The normalized spacial score (nSPS) is 29.2. The standard InChI is InChI=1S/C9H18N2O3S2/c1-6-3-4-11(8(6)5-12)16(13,14)7(2)9(10)15/h6-8,12H,3-5H2,1-2H3,(H2,10,15). The third kappa shape index (κ3) is 2.37. The number of hydrogen-bond donors (Lipinski definition) is 2. The van der Waals surface area contributed by atoms with Gasteiger partial charge >= 0.3 is 0 Å². The van der Waals surface area contributed by atoms with Gasteiger partial charge in [-0.3, -0.25) is 0 Å². The van der Waals surface area contributed by atoms with Crippen LogP contribution in [0, 0.1) is 5.92 Å². The fraction of sp³-hybridized carbons (Fsp3) is 0.889. The van der Waals surface area contributed by atoms with Crippen LogP contribution in [-0.2, 0) is 10.0 Å². The third-order valence-electron chi connectivity index (χ3n) is 3.19. The summed E-state index contributed by atoms with van der Waals surface area (Å²) in [7, 11) is -3.53. The molecule has 0 radical (unpaired) electrons. The molecule has 0 amide bonds. The summed E-state index contributed by atoms with van der Waals surface area (Å²) in [5, 5.41) is 8.35. The Morgan fingerprint density at radius 2 is 2.25 bits per heavy atom. The van der Waals surface area contributed by atoms with Gasteiger partial charge in [0.25, 0.3) is 0 Å². The summed E-state index contributed by atoms with van der Waals surface area (Å²) in [5.41, 5.74) is 5.37. The van der Waals surface area contributed by atoms with Crippen LogP contribution >= 0.6 is 12.2 Å². The van der Waals surface area contributed by atoms with Crippen LogP contribution in [0.15, 0.2) is 0 Å². The molecule has 1 fully saturated rings. The lowest BCUT2D eigenvalue weighted by Gasteiger charge is -2.27. The second kappa shape index (κ2) is 4.95. The Morgan fingerprint density at radius 1 is 1.69 bits per heavy atom. The van der Waals surface area contributed by atoms with Crippen LogP contribution in [0.1, 0.15) is 20.3 Å². The first-order valence-corrected chi connectivity index (χ1v) is 7.14. The summed E-state index contributed by atoms with van der Waals surface area (Å²) in [6, 6.07) is -0.346. The molecule has 0 saturated carbocycles. The number of nitrogens with zero attached hydrogens (tertiary/aromatic N) is 1. The first kappa shape index (κ1) is 13.8. The average Bonchev–Trinajstić information content (AvgIpc) is 2.58. The van der Waals surface area contributed by atoms with E-state index in [4.69, 9.17) is 18.0 Å². The molecule has 0 aromatic heterocycles. The molecule has 3 atom stereocenters. The monoisotopic (exact) mass is 266 g/mol. The number of nitrogens with two attached hydrogens (primary N) is 1. The third-order valence-corrected chi connectivity index (χ3v) is 5.95. The number of aliphatic hydroxyl groups is 1. The lowest BCUT2D eigenvalue weighted by Crippen LogP contribution is -2.47. The van der Waals surface area contributed by atoms with Crippen molar-refractivity contribution in [3.63, 3.8) is 0 Å². The van der Waals surface area contributed by atoms with E-state index in [-0.39, 0.29) is 23.6 Å². The van der Waals surface area contributed by atoms with Gasteiger partial charge in [-0.05, 0) is 19.3 Å². The zero-order chi connectivity index (χ0) is 12.5. The van der Waals surface area contributed by atoms with E-state index in [1.807, 2.05) is 6.92 Å². The molecular weight excluding hydrogens is 248 g/mol. The Labute approximate surface area is 102 Å². The van der Waals surface area contributed by atoms with E-state index >= 15 is 0 Å². The quantitative estimate of drug-likeness (QED) is 0.682. The van der Waals surface area contributed by atoms with Crippen molar-refractivity contribution in [3.8, 4) is 0 Å². The highest BCUT2D eigenvalue weighted by Crippen LogP contribution is 2.28. The minimum absolute atomic E-state index is 0.0313. The highest BCUT2D eigenvalue weighted by Gasteiger charge is 2.41. The molecule has 1 heterocycles. The molecule has 94 valence electrons. The van der Waals surface area contributed by atoms with Gasteiger partial charge < -0.3 is 10.8 Å². The summed E-state index contributed by atoms with van der Waals surface area (Å²) in [5.74, 6) is 0.165.